The lowest BCUT2D eigenvalue weighted by Gasteiger charge is -2.36. The van der Waals surface area contributed by atoms with Crippen LogP contribution in [0.2, 0.25) is 0 Å². The number of rotatable bonds is 5. The van der Waals surface area contributed by atoms with E-state index in [0.717, 1.165) is 6.42 Å². The molecular formula is C17H26FNO3S. The third-order valence-electron chi connectivity index (χ3n) is 4.19. The van der Waals surface area contributed by atoms with Crippen LogP contribution in [0.1, 0.15) is 33.6 Å². The fraction of sp³-hybridized carbons (Fsp3) is 0.647. The molecule has 1 fully saturated rings. The van der Waals surface area contributed by atoms with Crippen molar-refractivity contribution < 1.29 is 17.5 Å². The highest BCUT2D eigenvalue weighted by atomic mass is 32.2. The molecule has 23 heavy (non-hydrogen) atoms. The summed E-state index contributed by atoms with van der Waals surface area (Å²) in [5, 5.41) is 3.41. The summed E-state index contributed by atoms with van der Waals surface area (Å²) in [6, 6.07) is 6.17. The Bertz CT molecular complexity index is 625. The van der Waals surface area contributed by atoms with E-state index in [4.69, 9.17) is 4.74 Å². The SMILES string of the molecule is CC(C)(C)[C@H](COc1ccccc1F)N[C@@H]1CCCS(=O)(=O)C1. The average molecular weight is 343 g/mol. The van der Waals surface area contributed by atoms with Gasteiger partial charge in [0.25, 0.3) is 0 Å². The first kappa shape index (κ1) is 18.2. The van der Waals surface area contributed by atoms with E-state index in [1.54, 1.807) is 18.2 Å². The molecule has 0 spiro atoms. The molecule has 1 aromatic rings. The zero-order chi connectivity index (χ0) is 17.1. The fourth-order valence-electron chi connectivity index (χ4n) is 2.72. The molecule has 4 nitrogen and oxygen atoms in total. The Morgan fingerprint density at radius 1 is 1.35 bits per heavy atom. The van der Waals surface area contributed by atoms with Gasteiger partial charge in [-0.1, -0.05) is 32.9 Å². The van der Waals surface area contributed by atoms with Crippen molar-refractivity contribution >= 4 is 9.84 Å². The highest BCUT2D eigenvalue weighted by Crippen LogP contribution is 2.24. The van der Waals surface area contributed by atoms with E-state index in [0.29, 0.717) is 13.0 Å². The van der Waals surface area contributed by atoms with Crippen LogP contribution in [0.25, 0.3) is 0 Å². The lowest BCUT2D eigenvalue weighted by Crippen LogP contribution is -2.52. The molecule has 2 atom stereocenters. The Kier molecular flexibility index (Phi) is 5.68. The van der Waals surface area contributed by atoms with Gasteiger partial charge in [0.2, 0.25) is 0 Å². The average Bonchev–Trinajstić information content (AvgIpc) is 2.42. The molecule has 0 saturated carbocycles. The van der Waals surface area contributed by atoms with E-state index in [-0.39, 0.29) is 40.6 Å². The first-order valence-electron chi connectivity index (χ1n) is 8.01. The van der Waals surface area contributed by atoms with Crippen LogP contribution in [-0.4, -0.2) is 38.6 Å². The number of nitrogens with one attached hydrogen (secondary N) is 1. The second-order valence-electron chi connectivity index (χ2n) is 7.28. The Morgan fingerprint density at radius 3 is 2.65 bits per heavy atom. The van der Waals surface area contributed by atoms with Gasteiger partial charge in [0.1, 0.15) is 6.61 Å². The summed E-state index contributed by atoms with van der Waals surface area (Å²) in [4.78, 5) is 0. The van der Waals surface area contributed by atoms with Crippen LogP contribution in [0, 0.1) is 11.2 Å². The van der Waals surface area contributed by atoms with Crippen LogP contribution in [0.4, 0.5) is 4.39 Å². The third kappa shape index (κ3) is 5.46. The van der Waals surface area contributed by atoms with Gasteiger partial charge in [-0.15, -0.1) is 0 Å². The van der Waals surface area contributed by atoms with E-state index < -0.39 is 9.84 Å². The first-order chi connectivity index (χ1) is 10.7. The number of sulfone groups is 1. The lowest BCUT2D eigenvalue weighted by molar-refractivity contribution is 0.158. The molecule has 6 heteroatoms. The van der Waals surface area contributed by atoms with E-state index in [2.05, 4.69) is 26.1 Å². The Morgan fingerprint density at radius 2 is 2.04 bits per heavy atom. The standard InChI is InChI=1S/C17H26FNO3S/c1-17(2,3)16(11-22-15-9-5-4-8-14(15)18)19-13-7-6-10-23(20,21)12-13/h4-5,8-9,13,16,19H,6-7,10-12H2,1-3H3/t13-,16+/m1/s1. The largest absolute Gasteiger partial charge is 0.489 e. The van der Waals surface area contributed by atoms with Crippen LogP contribution in [0.5, 0.6) is 5.75 Å². The van der Waals surface area contributed by atoms with Crippen LogP contribution < -0.4 is 10.1 Å². The second kappa shape index (κ2) is 7.18. The summed E-state index contributed by atoms with van der Waals surface area (Å²) in [6.45, 7) is 6.48. The van der Waals surface area contributed by atoms with E-state index >= 15 is 0 Å². The summed E-state index contributed by atoms with van der Waals surface area (Å²) in [5.74, 6) is 0.274. The Labute approximate surface area is 138 Å². The molecule has 0 unspecified atom stereocenters. The van der Waals surface area contributed by atoms with Crippen molar-refractivity contribution in [2.24, 2.45) is 5.41 Å². The second-order valence-corrected chi connectivity index (χ2v) is 9.51. The summed E-state index contributed by atoms with van der Waals surface area (Å²) < 4.78 is 42.9. The molecule has 1 N–H and O–H groups in total. The quantitative estimate of drug-likeness (QED) is 0.893. The molecule has 0 amide bonds. The van der Waals surface area contributed by atoms with Crippen molar-refractivity contribution in [3.63, 3.8) is 0 Å². The highest BCUT2D eigenvalue weighted by Gasteiger charge is 2.31. The zero-order valence-electron chi connectivity index (χ0n) is 14.0. The van der Waals surface area contributed by atoms with Crippen molar-refractivity contribution in [2.75, 3.05) is 18.1 Å². The molecule has 1 heterocycles. The van der Waals surface area contributed by atoms with Crippen LogP contribution in [0.15, 0.2) is 24.3 Å². The predicted octanol–water partition coefficient (Wildman–Crippen LogP) is 2.79. The predicted molar refractivity (Wildman–Crippen MR) is 89.9 cm³/mol. The molecule has 0 aromatic heterocycles. The van der Waals surface area contributed by atoms with Gasteiger partial charge in [0.15, 0.2) is 21.4 Å². The van der Waals surface area contributed by atoms with Crippen LogP contribution >= 0.6 is 0 Å². The maximum Gasteiger partial charge on any atom is 0.165 e. The van der Waals surface area contributed by atoms with Crippen LogP contribution in [-0.2, 0) is 9.84 Å². The van der Waals surface area contributed by atoms with Crippen molar-refractivity contribution in [3.8, 4) is 5.75 Å². The normalized spacial score (nSPS) is 22.5. The molecule has 1 aliphatic rings. The minimum atomic E-state index is -2.96. The number of benzene rings is 1. The smallest absolute Gasteiger partial charge is 0.165 e. The number of para-hydroxylation sites is 1. The monoisotopic (exact) mass is 343 g/mol. The number of ether oxygens (including phenoxy) is 1. The lowest BCUT2D eigenvalue weighted by atomic mass is 9.86. The third-order valence-corrected chi connectivity index (χ3v) is 6.01. The van der Waals surface area contributed by atoms with E-state index in [1.807, 2.05) is 0 Å². The summed E-state index contributed by atoms with van der Waals surface area (Å²) in [7, 11) is -2.96. The van der Waals surface area contributed by atoms with Gasteiger partial charge in [-0.2, -0.15) is 0 Å². The number of hydrogen-bond acceptors (Lipinski definition) is 4. The Balaban J connectivity index is 2.02. The van der Waals surface area contributed by atoms with Gasteiger partial charge >= 0.3 is 0 Å². The van der Waals surface area contributed by atoms with Crippen LogP contribution in [0.3, 0.4) is 0 Å². The molecule has 1 saturated heterocycles. The zero-order valence-corrected chi connectivity index (χ0v) is 14.8. The molecule has 130 valence electrons. The van der Waals surface area contributed by atoms with Crippen molar-refractivity contribution in [3.05, 3.63) is 30.1 Å². The maximum atomic E-state index is 13.7. The number of hydrogen-bond donors (Lipinski definition) is 1. The summed E-state index contributed by atoms with van der Waals surface area (Å²) in [6.07, 6.45) is 1.52. The van der Waals surface area contributed by atoms with Gasteiger partial charge in [-0.25, -0.2) is 12.8 Å². The van der Waals surface area contributed by atoms with Gasteiger partial charge in [0.05, 0.1) is 11.5 Å². The summed E-state index contributed by atoms with van der Waals surface area (Å²) >= 11 is 0. The van der Waals surface area contributed by atoms with Crippen molar-refractivity contribution in [1.82, 2.24) is 5.32 Å². The molecule has 2 rings (SSSR count). The molecule has 0 bridgehead atoms. The molecule has 1 aromatic carbocycles. The summed E-state index contributed by atoms with van der Waals surface area (Å²) in [5.41, 5.74) is -0.132. The molecule has 1 aliphatic heterocycles. The van der Waals surface area contributed by atoms with Gasteiger partial charge < -0.3 is 10.1 Å². The van der Waals surface area contributed by atoms with Crippen molar-refractivity contribution in [1.29, 1.82) is 0 Å². The molecule has 0 radical (unpaired) electrons. The van der Waals surface area contributed by atoms with Gasteiger partial charge in [-0.3, -0.25) is 0 Å². The maximum absolute atomic E-state index is 13.7. The minimum Gasteiger partial charge on any atom is -0.489 e. The Hall–Kier alpha value is -1.14. The van der Waals surface area contributed by atoms with Crippen molar-refractivity contribution in [2.45, 2.75) is 45.7 Å². The van der Waals surface area contributed by atoms with Gasteiger partial charge in [-0.05, 0) is 30.4 Å². The highest BCUT2D eigenvalue weighted by molar-refractivity contribution is 7.91. The number of halogens is 1. The van der Waals surface area contributed by atoms with E-state index in [9.17, 15) is 12.8 Å². The first-order valence-corrected chi connectivity index (χ1v) is 9.83. The minimum absolute atomic E-state index is 0.0674. The van der Waals surface area contributed by atoms with Gasteiger partial charge in [0, 0.05) is 12.1 Å². The fourth-order valence-corrected chi connectivity index (χ4v) is 4.37. The van der Waals surface area contributed by atoms with E-state index in [1.165, 1.54) is 6.07 Å². The molecular weight excluding hydrogens is 317 g/mol. The molecule has 0 aliphatic carbocycles. The topological polar surface area (TPSA) is 55.4 Å².